The minimum absolute atomic E-state index is 0.0655. The van der Waals surface area contributed by atoms with Crippen molar-refractivity contribution >= 4 is 17.9 Å². The fourth-order valence-corrected chi connectivity index (χ4v) is 6.15. The first kappa shape index (κ1) is 46.4. The third kappa shape index (κ3) is 35.7. The van der Waals surface area contributed by atoms with Gasteiger partial charge >= 0.3 is 17.9 Å². The molecule has 0 aromatic rings. The number of unbranched alkanes of at least 4 members (excludes halogenated alkanes) is 27. The molecule has 0 saturated heterocycles. The summed E-state index contributed by atoms with van der Waals surface area (Å²) >= 11 is 0. The Morgan fingerprint density at radius 2 is 0.562 bits per heavy atom. The molecule has 0 aromatic carbocycles. The monoisotopic (exact) mass is 681 g/mol. The maximum Gasteiger partial charge on any atom is 0.306 e. The molecule has 0 amide bonds. The summed E-state index contributed by atoms with van der Waals surface area (Å²) in [5.41, 5.74) is 0. The van der Waals surface area contributed by atoms with E-state index in [1.165, 1.54) is 128 Å². The van der Waals surface area contributed by atoms with E-state index in [0.717, 1.165) is 64.2 Å². The molecule has 6 heteroatoms. The number of hydrogen-bond donors (Lipinski definition) is 0. The fraction of sp³-hybridized carbons (Fsp3) is 0.929. The van der Waals surface area contributed by atoms with Crippen LogP contribution in [0, 0.1) is 0 Å². The minimum atomic E-state index is -0.755. The topological polar surface area (TPSA) is 78.9 Å². The number of ether oxygens (including phenoxy) is 3. The number of rotatable bonds is 38. The summed E-state index contributed by atoms with van der Waals surface area (Å²) in [4.78, 5) is 37.2. The molecule has 0 aliphatic carbocycles. The Kier molecular flexibility index (Phi) is 36.9. The lowest BCUT2D eigenvalue weighted by Gasteiger charge is -2.18. The van der Waals surface area contributed by atoms with Crippen LogP contribution >= 0.6 is 0 Å². The van der Waals surface area contributed by atoms with Crippen molar-refractivity contribution in [1.29, 1.82) is 0 Å². The molecule has 6 nitrogen and oxygen atoms in total. The van der Waals surface area contributed by atoms with Crippen LogP contribution in [-0.4, -0.2) is 37.2 Å². The van der Waals surface area contributed by atoms with Crippen LogP contribution in [0.1, 0.15) is 233 Å². The Bertz CT molecular complexity index is 708. The first-order valence-electron chi connectivity index (χ1n) is 21.0. The van der Waals surface area contributed by atoms with E-state index in [4.69, 9.17) is 14.2 Å². The van der Waals surface area contributed by atoms with E-state index in [9.17, 15) is 14.4 Å². The highest BCUT2D eigenvalue weighted by Gasteiger charge is 2.19. The van der Waals surface area contributed by atoms with Gasteiger partial charge in [-0.2, -0.15) is 0 Å². The van der Waals surface area contributed by atoms with Crippen LogP contribution in [-0.2, 0) is 28.6 Å². The van der Waals surface area contributed by atoms with Crippen LogP contribution in [0.2, 0.25) is 0 Å². The van der Waals surface area contributed by atoms with Crippen LogP contribution in [0.3, 0.4) is 0 Å². The summed E-state index contributed by atoms with van der Waals surface area (Å²) in [6, 6.07) is 0. The molecule has 284 valence electrons. The first-order valence-corrected chi connectivity index (χ1v) is 21.0. The van der Waals surface area contributed by atoms with E-state index in [-0.39, 0.29) is 31.1 Å². The van der Waals surface area contributed by atoms with Gasteiger partial charge in [0.05, 0.1) is 0 Å². The van der Waals surface area contributed by atoms with E-state index < -0.39 is 6.10 Å². The van der Waals surface area contributed by atoms with Gasteiger partial charge in [0.15, 0.2) is 6.10 Å². The van der Waals surface area contributed by atoms with Crippen molar-refractivity contribution in [3.63, 3.8) is 0 Å². The van der Waals surface area contributed by atoms with E-state index in [1.807, 2.05) is 0 Å². The van der Waals surface area contributed by atoms with Crippen molar-refractivity contribution in [3.8, 4) is 0 Å². The second-order valence-corrected chi connectivity index (χ2v) is 14.3. The molecule has 0 saturated carbocycles. The van der Waals surface area contributed by atoms with Crippen LogP contribution in [0.4, 0.5) is 0 Å². The lowest BCUT2D eigenvalue weighted by molar-refractivity contribution is -0.167. The molecule has 0 spiro atoms. The molecule has 0 N–H and O–H groups in total. The summed E-state index contributed by atoms with van der Waals surface area (Å²) < 4.78 is 16.5. The highest BCUT2D eigenvalue weighted by atomic mass is 16.6. The third-order valence-electron chi connectivity index (χ3n) is 9.36. The fourth-order valence-electron chi connectivity index (χ4n) is 6.15. The Hall–Kier alpha value is -1.59. The van der Waals surface area contributed by atoms with E-state index in [2.05, 4.69) is 20.8 Å². The molecule has 0 aliphatic rings. The second kappa shape index (κ2) is 38.2. The predicted octanol–water partition coefficient (Wildman–Crippen LogP) is 12.9. The molecule has 0 radical (unpaired) electrons. The van der Waals surface area contributed by atoms with Crippen molar-refractivity contribution < 1.29 is 28.6 Å². The highest BCUT2D eigenvalue weighted by Crippen LogP contribution is 2.15. The Morgan fingerprint density at radius 1 is 0.333 bits per heavy atom. The molecule has 0 aliphatic heterocycles. The minimum Gasteiger partial charge on any atom is -0.462 e. The van der Waals surface area contributed by atoms with Gasteiger partial charge in [-0.3, -0.25) is 14.4 Å². The molecule has 0 unspecified atom stereocenters. The van der Waals surface area contributed by atoms with Gasteiger partial charge in [-0.25, -0.2) is 0 Å². The van der Waals surface area contributed by atoms with Gasteiger partial charge in [0.1, 0.15) is 13.2 Å². The molecule has 1 atom stereocenters. The van der Waals surface area contributed by atoms with Gasteiger partial charge in [-0.15, -0.1) is 0 Å². The molecule has 0 bridgehead atoms. The van der Waals surface area contributed by atoms with Crippen molar-refractivity contribution in [2.24, 2.45) is 0 Å². The van der Waals surface area contributed by atoms with Crippen molar-refractivity contribution in [2.45, 2.75) is 239 Å². The quantitative estimate of drug-likeness (QED) is 0.0367. The Labute approximate surface area is 298 Å². The zero-order valence-electron chi connectivity index (χ0n) is 32.3. The van der Waals surface area contributed by atoms with E-state index >= 15 is 0 Å². The molecule has 0 heterocycles. The highest BCUT2D eigenvalue weighted by molar-refractivity contribution is 5.71. The van der Waals surface area contributed by atoms with Crippen molar-refractivity contribution in [1.82, 2.24) is 0 Å². The van der Waals surface area contributed by atoms with Gasteiger partial charge < -0.3 is 14.2 Å². The van der Waals surface area contributed by atoms with Crippen LogP contribution in [0.15, 0.2) is 0 Å². The summed E-state index contributed by atoms with van der Waals surface area (Å²) in [6.07, 6.45) is 37.0. The largest absolute Gasteiger partial charge is 0.462 e. The van der Waals surface area contributed by atoms with Gasteiger partial charge in [0.2, 0.25) is 0 Å². The molecule has 48 heavy (non-hydrogen) atoms. The lowest BCUT2D eigenvalue weighted by atomic mass is 10.0. The first-order chi connectivity index (χ1) is 23.5. The zero-order chi connectivity index (χ0) is 35.2. The van der Waals surface area contributed by atoms with E-state index in [0.29, 0.717) is 19.3 Å². The lowest BCUT2D eigenvalue weighted by Crippen LogP contribution is -2.30. The average molecular weight is 681 g/mol. The summed E-state index contributed by atoms with van der Waals surface area (Å²) in [5.74, 6) is -0.879. The van der Waals surface area contributed by atoms with Crippen LogP contribution in [0.25, 0.3) is 0 Å². The van der Waals surface area contributed by atoms with Gasteiger partial charge in [0, 0.05) is 19.3 Å². The number of carbonyl (C=O) groups is 3. The number of carbonyl (C=O) groups excluding carboxylic acids is 3. The van der Waals surface area contributed by atoms with Gasteiger partial charge in [-0.05, 0) is 19.3 Å². The van der Waals surface area contributed by atoms with E-state index in [1.54, 1.807) is 0 Å². The summed E-state index contributed by atoms with van der Waals surface area (Å²) in [6.45, 7) is 6.52. The van der Waals surface area contributed by atoms with Gasteiger partial charge in [0.25, 0.3) is 0 Å². The summed E-state index contributed by atoms with van der Waals surface area (Å²) in [7, 11) is 0. The standard InChI is InChI=1S/C42H80O6/c1-4-7-10-13-15-16-17-18-19-20-21-22-23-24-25-27-30-33-36-42(45)48-39(37-46-40(43)34-31-28-12-9-6-3)38-47-41(44)35-32-29-26-14-11-8-5-2/h39H,4-38H2,1-3H3/t39-/m0/s1. The van der Waals surface area contributed by atoms with Crippen molar-refractivity contribution in [3.05, 3.63) is 0 Å². The van der Waals surface area contributed by atoms with Crippen LogP contribution < -0.4 is 0 Å². The maximum atomic E-state index is 12.6. The predicted molar refractivity (Wildman–Crippen MR) is 201 cm³/mol. The zero-order valence-corrected chi connectivity index (χ0v) is 32.3. The molecular formula is C42H80O6. The van der Waals surface area contributed by atoms with Crippen LogP contribution in [0.5, 0.6) is 0 Å². The maximum absolute atomic E-state index is 12.6. The molecule has 0 rings (SSSR count). The van der Waals surface area contributed by atoms with Gasteiger partial charge in [-0.1, -0.05) is 194 Å². The SMILES string of the molecule is CCCCCCCCCCCCCCCCCCCCC(=O)O[C@@H](COC(=O)CCCCCCC)COC(=O)CCCCCCCCC. The second-order valence-electron chi connectivity index (χ2n) is 14.3. The molecular weight excluding hydrogens is 600 g/mol. The molecule has 0 aromatic heterocycles. The normalized spacial score (nSPS) is 11.8. The average Bonchev–Trinajstić information content (AvgIpc) is 3.08. The smallest absolute Gasteiger partial charge is 0.306 e. The Balaban J connectivity index is 4.10. The Morgan fingerprint density at radius 3 is 0.833 bits per heavy atom. The number of hydrogen-bond acceptors (Lipinski definition) is 6. The number of esters is 3. The molecule has 0 fully saturated rings. The van der Waals surface area contributed by atoms with Crippen molar-refractivity contribution in [2.75, 3.05) is 13.2 Å². The summed E-state index contributed by atoms with van der Waals surface area (Å²) in [5, 5.41) is 0. The third-order valence-corrected chi connectivity index (χ3v) is 9.36.